The molecule has 0 spiro atoms. The smallest absolute Gasteiger partial charge is 0.322 e. The Kier molecular flexibility index (Phi) is 17.9. The second-order valence-corrected chi connectivity index (χ2v) is 9.20. The molecule has 1 aromatic carbocycles. The van der Waals surface area contributed by atoms with E-state index in [-0.39, 0.29) is 17.8 Å². The van der Waals surface area contributed by atoms with Gasteiger partial charge in [-0.25, -0.2) is 0 Å². The minimum atomic E-state index is -0.379. The van der Waals surface area contributed by atoms with Crippen molar-refractivity contribution in [3.8, 4) is 5.75 Å². The zero-order chi connectivity index (χ0) is 23.3. The van der Waals surface area contributed by atoms with Gasteiger partial charge in [-0.2, -0.15) is 0 Å². The molecule has 0 radical (unpaired) electrons. The van der Waals surface area contributed by atoms with Crippen LogP contribution in [0.5, 0.6) is 5.75 Å². The van der Waals surface area contributed by atoms with E-state index < -0.39 is 0 Å². The maximum atomic E-state index is 12.1. The number of carbonyl (C=O) groups excluding carboxylic acids is 1. The lowest BCUT2D eigenvalue weighted by molar-refractivity contribution is -0.145. The number of ether oxygens (including phenoxy) is 1. The third-order valence-electron chi connectivity index (χ3n) is 6.19. The van der Waals surface area contributed by atoms with Crippen molar-refractivity contribution < 1.29 is 14.6 Å². The lowest BCUT2D eigenvalue weighted by Gasteiger charge is -2.14. The average Bonchev–Trinajstić information content (AvgIpc) is 2.80. The Morgan fingerprint density at radius 1 is 0.812 bits per heavy atom. The Hall–Kier alpha value is -1.55. The second-order valence-electron chi connectivity index (χ2n) is 9.20. The first-order chi connectivity index (χ1) is 15.6. The van der Waals surface area contributed by atoms with Gasteiger partial charge in [-0.3, -0.25) is 4.79 Å². The number of hydrogen-bond acceptors (Lipinski definition) is 4. The molecule has 0 bridgehead atoms. The normalized spacial score (nSPS) is 12.1. The van der Waals surface area contributed by atoms with E-state index in [0.29, 0.717) is 13.2 Å². The van der Waals surface area contributed by atoms with Crippen molar-refractivity contribution in [3.05, 3.63) is 29.8 Å². The van der Waals surface area contributed by atoms with Crippen LogP contribution in [0.1, 0.15) is 122 Å². The van der Waals surface area contributed by atoms with E-state index in [4.69, 9.17) is 4.74 Å². The van der Waals surface area contributed by atoms with Gasteiger partial charge >= 0.3 is 5.97 Å². The number of nitrogens with one attached hydrogen (secondary N) is 1. The molecule has 1 aromatic rings. The molecule has 32 heavy (non-hydrogen) atoms. The Labute approximate surface area is 197 Å². The summed E-state index contributed by atoms with van der Waals surface area (Å²) in [7, 11) is 0. The number of unbranched alkanes of at least 4 members (excludes halogenated alkanes) is 15. The minimum absolute atomic E-state index is 0.221. The number of benzene rings is 1. The first-order valence-corrected chi connectivity index (χ1v) is 13.3. The predicted octanol–water partition coefficient (Wildman–Crippen LogP) is 7.68. The predicted molar refractivity (Wildman–Crippen MR) is 135 cm³/mol. The maximum Gasteiger partial charge on any atom is 0.322 e. The standard InChI is InChI=1S/C28H49NO3/c1-3-4-5-6-7-8-9-10-11-12-13-14-15-16-17-20-23-32-28(31)25(2)29-24-26-21-18-19-22-27(26)30/h18-19,21-22,25,29-30H,3-17,20,23-24H2,1-2H3/t25-/m0/s1. The molecule has 0 saturated heterocycles. The van der Waals surface area contributed by atoms with E-state index in [1.807, 2.05) is 12.1 Å². The number of esters is 1. The third-order valence-corrected chi connectivity index (χ3v) is 6.19. The fourth-order valence-electron chi connectivity index (χ4n) is 3.95. The highest BCUT2D eigenvalue weighted by molar-refractivity contribution is 5.75. The van der Waals surface area contributed by atoms with Crippen LogP contribution in [0.3, 0.4) is 0 Å². The van der Waals surface area contributed by atoms with Crippen LogP contribution >= 0.6 is 0 Å². The first kappa shape index (κ1) is 28.5. The van der Waals surface area contributed by atoms with Gasteiger partial charge < -0.3 is 15.2 Å². The van der Waals surface area contributed by atoms with E-state index in [2.05, 4.69) is 12.2 Å². The SMILES string of the molecule is CCCCCCCCCCCCCCCCCCOC(=O)[C@H](C)NCc1ccccc1O. The molecule has 0 fully saturated rings. The first-order valence-electron chi connectivity index (χ1n) is 13.3. The molecule has 0 unspecified atom stereocenters. The number of phenols is 1. The molecule has 4 nitrogen and oxygen atoms in total. The van der Waals surface area contributed by atoms with Crippen LogP contribution in [0.4, 0.5) is 0 Å². The molecule has 0 aliphatic rings. The van der Waals surface area contributed by atoms with Crippen LogP contribution in [0.15, 0.2) is 24.3 Å². The van der Waals surface area contributed by atoms with Gasteiger partial charge in [0.25, 0.3) is 0 Å². The molecule has 0 heterocycles. The fourth-order valence-corrected chi connectivity index (χ4v) is 3.95. The van der Waals surface area contributed by atoms with Crippen LogP contribution in [0, 0.1) is 0 Å². The molecule has 4 heteroatoms. The Bertz CT molecular complexity index is 576. The number of rotatable bonds is 21. The highest BCUT2D eigenvalue weighted by atomic mass is 16.5. The summed E-state index contributed by atoms with van der Waals surface area (Å²) >= 11 is 0. The molecule has 2 N–H and O–H groups in total. The average molecular weight is 448 g/mol. The molecule has 0 saturated carbocycles. The highest BCUT2D eigenvalue weighted by Crippen LogP contribution is 2.15. The van der Waals surface area contributed by atoms with Crippen LogP contribution in [0.2, 0.25) is 0 Å². The second kappa shape index (κ2) is 20.1. The van der Waals surface area contributed by atoms with E-state index in [0.717, 1.165) is 18.4 Å². The Balaban J connectivity index is 1.84. The van der Waals surface area contributed by atoms with Gasteiger partial charge in [-0.05, 0) is 19.4 Å². The summed E-state index contributed by atoms with van der Waals surface area (Å²) in [6.45, 7) is 5.03. The van der Waals surface area contributed by atoms with Crippen LogP contribution < -0.4 is 5.32 Å². The largest absolute Gasteiger partial charge is 0.508 e. The fraction of sp³-hybridized carbons (Fsp3) is 0.750. The van der Waals surface area contributed by atoms with Gasteiger partial charge in [0.15, 0.2) is 0 Å². The van der Waals surface area contributed by atoms with Gasteiger partial charge in [0.2, 0.25) is 0 Å². The lowest BCUT2D eigenvalue weighted by Crippen LogP contribution is -2.35. The van der Waals surface area contributed by atoms with Gasteiger partial charge in [0.1, 0.15) is 11.8 Å². The summed E-state index contributed by atoms with van der Waals surface area (Å²) in [5.74, 6) is 0.0233. The van der Waals surface area contributed by atoms with Crippen LogP contribution in [-0.2, 0) is 16.1 Å². The topological polar surface area (TPSA) is 58.6 Å². The van der Waals surface area contributed by atoms with Gasteiger partial charge in [-0.1, -0.05) is 121 Å². The quantitative estimate of drug-likeness (QED) is 0.150. The van der Waals surface area contributed by atoms with Crippen molar-refractivity contribution in [3.63, 3.8) is 0 Å². The molecular weight excluding hydrogens is 398 g/mol. The zero-order valence-electron chi connectivity index (χ0n) is 20.9. The van der Waals surface area contributed by atoms with E-state index in [9.17, 15) is 9.90 Å². The summed E-state index contributed by atoms with van der Waals surface area (Å²) in [6, 6.07) is 6.77. The van der Waals surface area contributed by atoms with Gasteiger partial charge in [0.05, 0.1) is 6.61 Å². The van der Waals surface area contributed by atoms with Gasteiger partial charge in [0, 0.05) is 12.1 Å². The summed E-state index contributed by atoms with van der Waals surface area (Å²) in [5, 5.41) is 12.9. The van der Waals surface area contributed by atoms with Crippen LogP contribution in [-0.4, -0.2) is 23.7 Å². The summed E-state index contributed by atoms with van der Waals surface area (Å²) in [5.41, 5.74) is 0.782. The van der Waals surface area contributed by atoms with Crippen molar-refractivity contribution in [2.45, 2.75) is 129 Å². The van der Waals surface area contributed by atoms with Crippen molar-refractivity contribution in [1.29, 1.82) is 0 Å². The summed E-state index contributed by atoms with van der Waals surface area (Å²) in [6.07, 6.45) is 21.4. The Morgan fingerprint density at radius 3 is 1.78 bits per heavy atom. The third kappa shape index (κ3) is 15.3. The number of para-hydroxylation sites is 1. The van der Waals surface area contributed by atoms with Crippen molar-refractivity contribution in [2.75, 3.05) is 6.61 Å². The molecule has 0 amide bonds. The van der Waals surface area contributed by atoms with E-state index in [1.165, 1.54) is 89.9 Å². The molecule has 0 aliphatic heterocycles. The summed E-state index contributed by atoms with van der Waals surface area (Å²) in [4.78, 5) is 12.1. The van der Waals surface area contributed by atoms with Crippen molar-refractivity contribution in [2.24, 2.45) is 0 Å². The molecule has 1 rings (SSSR count). The number of phenolic OH excluding ortho intramolecular Hbond substituents is 1. The van der Waals surface area contributed by atoms with Crippen molar-refractivity contribution >= 4 is 5.97 Å². The Morgan fingerprint density at radius 2 is 1.28 bits per heavy atom. The summed E-state index contributed by atoms with van der Waals surface area (Å²) < 4.78 is 5.38. The monoisotopic (exact) mass is 447 g/mol. The van der Waals surface area contributed by atoms with Crippen LogP contribution in [0.25, 0.3) is 0 Å². The van der Waals surface area contributed by atoms with E-state index >= 15 is 0 Å². The molecule has 184 valence electrons. The zero-order valence-corrected chi connectivity index (χ0v) is 20.9. The maximum absolute atomic E-state index is 12.1. The molecule has 1 atom stereocenters. The number of aromatic hydroxyl groups is 1. The highest BCUT2D eigenvalue weighted by Gasteiger charge is 2.14. The number of hydrogen-bond donors (Lipinski definition) is 2. The molecule has 0 aliphatic carbocycles. The molecular formula is C28H49NO3. The molecule has 0 aromatic heterocycles. The lowest BCUT2D eigenvalue weighted by atomic mass is 10.0. The minimum Gasteiger partial charge on any atom is -0.508 e. The number of carbonyl (C=O) groups is 1. The van der Waals surface area contributed by atoms with Gasteiger partial charge in [-0.15, -0.1) is 0 Å². The van der Waals surface area contributed by atoms with Crippen molar-refractivity contribution in [1.82, 2.24) is 5.32 Å². The van der Waals surface area contributed by atoms with E-state index in [1.54, 1.807) is 19.1 Å².